The zero-order valence-corrected chi connectivity index (χ0v) is 10.8. The monoisotopic (exact) mass is 260 g/mol. The van der Waals surface area contributed by atoms with Crippen molar-refractivity contribution in [2.75, 3.05) is 5.73 Å². The van der Waals surface area contributed by atoms with Crippen molar-refractivity contribution >= 4 is 17.2 Å². The molecule has 3 N–H and O–H groups in total. The quantitative estimate of drug-likeness (QED) is 0.736. The highest BCUT2D eigenvalue weighted by Crippen LogP contribution is 2.35. The van der Waals surface area contributed by atoms with Crippen molar-refractivity contribution < 1.29 is 0 Å². The number of hydrogen-bond acceptors (Lipinski definition) is 5. The number of nitrogens with two attached hydrogens (primary N) is 1. The van der Waals surface area contributed by atoms with Gasteiger partial charge >= 0.3 is 0 Å². The molecule has 3 rings (SSSR count). The van der Waals surface area contributed by atoms with Gasteiger partial charge in [-0.15, -0.1) is 16.4 Å². The van der Waals surface area contributed by atoms with E-state index >= 15 is 0 Å². The molecule has 0 aliphatic rings. The topological polar surface area (TPSA) is 85.4 Å². The first-order valence-corrected chi connectivity index (χ1v) is 6.24. The van der Waals surface area contributed by atoms with Gasteiger partial charge in [0.15, 0.2) is 5.82 Å². The molecule has 0 saturated heterocycles. The summed E-state index contributed by atoms with van der Waals surface area (Å²) in [5.41, 5.74) is 8.59. The molecular weight excluding hydrogens is 248 g/mol. The molecule has 0 radical (unpaired) electrons. The molecule has 0 saturated carbocycles. The zero-order valence-electron chi connectivity index (χ0n) is 10.0. The van der Waals surface area contributed by atoms with Gasteiger partial charge in [-0.2, -0.15) is 15.4 Å². The summed E-state index contributed by atoms with van der Waals surface area (Å²) >= 11 is 1.63. The van der Waals surface area contributed by atoms with Gasteiger partial charge in [0.25, 0.3) is 0 Å². The fraction of sp³-hybridized carbons (Fsp3) is 0.182. The van der Waals surface area contributed by atoms with Crippen LogP contribution in [0, 0.1) is 6.92 Å². The second-order valence-electron chi connectivity index (χ2n) is 4.02. The van der Waals surface area contributed by atoms with Crippen LogP contribution < -0.4 is 5.73 Å². The third kappa shape index (κ3) is 1.68. The SMILES string of the molecule is Cc1nn(C)cc1-c1ccc(-c2n[nH]nc2N)s1. The largest absolute Gasteiger partial charge is 0.380 e. The lowest BCUT2D eigenvalue weighted by molar-refractivity contribution is 0.756. The van der Waals surface area contributed by atoms with Crippen LogP contribution in [0.2, 0.25) is 0 Å². The van der Waals surface area contributed by atoms with Crippen molar-refractivity contribution in [1.29, 1.82) is 0 Å². The van der Waals surface area contributed by atoms with Crippen LogP contribution in [-0.2, 0) is 7.05 Å². The van der Waals surface area contributed by atoms with Crippen LogP contribution in [0.3, 0.4) is 0 Å². The Bertz CT molecular complexity index is 692. The molecule has 0 spiro atoms. The van der Waals surface area contributed by atoms with Gasteiger partial charge in [0.1, 0.15) is 5.69 Å². The summed E-state index contributed by atoms with van der Waals surface area (Å²) in [6, 6.07) is 4.05. The van der Waals surface area contributed by atoms with Crippen LogP contribution in [0.15, 0.2) is 18.3 Å². The van der Waals surface area contributed by atoms with Crippen LogP contribution in [0.4, 0.5) is 5.82 Å². The first-order chi connectivity index (χ1) is 8.65. The molecule has 6 nitrogen and oxygen atoms in total. The van der Waals surface area contributed by atoms with Gasteiger partial charge in [0.05, 0.1) is 10.6 Å². The van der Waals surface area contributed by atoms with Crippen LogP contribution >= 0.6 is 11.3 Å². The Hall–Kier alpha value is -2.15. The van der Waals surface area contributed by atoms with E-state index in [4.69, 9.17) is 5.73 Å². The number of H-pyrrole nitrogens is 1. The maximum Gasteiger partial charge on any atom is 0.174 e. The predicted octanol–water partition coefficient (Wildman–Crippen LogP) is 1.82. The number of thiophene rings is 1. The van der Waals surface area contributed by atoms with Gasteiger partial charge < -0.3 is 5.73 Å². The number of aryl methyl sites for hydroxylation is 2. The Morgan fingerprint density at radius 2 is 2.06 bits per heavy atom. The number of nitrogens with zero attached hydrogens (tertiary/aromatic N) is 4. The molecule has 0 fully saturated rings. The van der Waals surface area contributed by atoms with E-state index < -0.39 is 0 Å². The smallest absolute Gasteiger partial charge is 0.174 e. The summed E-state index contributed by atoms with van der Waals surface area (Å²) in [5.74, 6) is 0.423. The third-order valence-electron chi connectivity index (χ3n) is 2.69. The van der Waals surface area contributed by atoms with E-state index in [-0.39, 0.29) is 0 Å². The lowest BCUT2D eigenvalue weighted by Crippen LogP contribution is -1.86. The summed E-state index contributed by atoms with van der Waals surface area (Å²) in [6.45, 7) is 2.00. The minimum absolute atomic E-state index is 0.423. The van der Waals surface area contributed by atoms with Gasteiger partial charge in [-0.25, -0.2) is 0 Å². The minimum Gasteiger partial charge on any atom is -0.380 e. The van der Waals surface area contributed by atoms with E-state index in [9.17, 15) is 0 Å². The van der Waals surface area contributed by atoms with Gasteiger partial charge in [-0.1, -0.05) is 0 Å². The predicted molar refractivity (Wildman–Crippen MR) is 71.0 cm³/mol. The van der Waals surface area contributed by atoms with E-state index in [1.165, 1.54) is 0 Å². The van der Waals surface area contributed by atoms with Gasteiger partial charge in [0.2, 0.25) is 0 Å². The van der Waals surface area contributed by atoms with E-state index in [0.717, 1.165) is 21.0 Å². The molecule has 3 aromatic heterocycles. The first kappa shape index (κ1) is 11.0. The van der Waals surface area contributed by atoms with Crippen LogP contribution in [-0.4, -0.2) is 25.2 Å². The molecule has 3 heterocycles. The lowest BCUT2D eigenvalue weighted by Gasteiger charge is -1.92. The van der Waals surface area contributed by atoms with E-state index in [1.807, 2.05) is 30.9 Å². The molecular formula is C11H12N6S. The van der Waals surface area contributed by atoms with Crippen molar-refractivity contribution in [3.8, 4) is 21.0 Å². The van der Waals surface area contributed by atoms with Crippen molar-refractivity contribution in [3.63, 3.8) is 0 Å². The number of aromatic nitrogens is 5. The molecule has 0 unspecified atom stereocenters. The molecule has 0 aliphatic carbocycles. The Morgan fingerprint density at radius 3 is 2.67 bits per heavy atom. The molecule has 3 aromatic rings. The van der Waals surface area contributed by atoms with E-state index in [1.54, 1.807) is 11.3 Å². The molecule has 0 aliphatic heterocycles. The van der Waals surface area contributed by atoms with Gasteiger partial charge in [0, 0.05) is 23.7 Å². The number of nitrogens with one attached hydrogen (secondary N) is 1. The third-order valence-corrected chi connectivity index (χ3v) is 3.82. The molecule has 0 atom stereocenters. The summed E-state index contributed by atoms with van der Waals surface area (Å²) < 4.78 is 1.81. The second-order valence-corrected chi connectivity index (χ2v) is 5.11. The number of nitrogen functional groups attached to an aromatic ring is 1. The summed E-state index contributed by atoms with van der Waals surface area (Å²) in [6.07, 6.45) is 2.01. The minimum atomic E-state index is 0.423. The maximum atomic E-state index is 5.74. The van der Waals surface area contributed by atoms with E-state index in [2.05, 4.69) is 26.6 Å². The molecule has 0 amide bonds. The highest BCUT2D eigenvalue weighted by atomic mass is 32.1. The fourth-order valence-electron chi connectivity index (χ4n) is 1.87. The van der Waals surface area contributed by atoms with Crippen LogP contribution in [0.25, 0.3) is 21.0 Å². The lowest BCUT2D eigenvalue weighted by atomic mass is 10.2. The van der Waals surface area contributed by atoms with E-state index in [0.29, 0.717) is 11.5 Å². The Kier molecular flexibility index (Phi) is 2.41. The number of hydrogen-bond donors (Lipinski definition) is 2. The van der Waals surface area contributed by atoms with Crippen molar-refractivity contribution in [2.45, 2.75) is 6.92 Å². The van der Waals surface area contributed by atoms with Crippen molar-refractivity contribution in [2.24, 2.45) is 7.05 Å². The highest BCUT2D eigenvalue weighted by Gasteiger charge is 2.13. The fourth-order valence-corrected chi connectivity index (χ4v) is 2.94. The van der Waals surface area contributed by atoms with Gasteiger partial charge in [-0.05, 0) is 19.1 Å². The highest BCUT2D eigenvalue weighted by molar-refractivity contribution is 7.18. The van der Waals surface area contributed by atoms with Crippen molar-refractivity contribution in [1.82, 2.24) is 25.2 Å². The molecule has 7 heteroatoms. The molecule has 18 heavy (non-hydrogen) atoms. The molecule has 92 valence electrons. The number of aromatic amines is 1. The average Bonchev–Trinajstić information content (AvgIpc) is 2.98. The van der Waals surface area contributed by atoms with Crippen LogP contribution in [0.5, 0.6) is 0 Å². The summed E-state index contributed by atoms with van der Waals surface area (Å²) in [4.78, 5) is 2.15. The second kappa shape index (κ2) is 3.95. The van der Waals surface area contributed by atoms with Crippen molar-refractivity contribution in [3.05, 3.63) is 24.0 Å². The Labute approximate surface area is 107 Å². The zero-order chi connectivity index (χ0) is 12.7. The maximum absolute atomic E-state index is 5.74. The number of anilines is 1. The summed E-state index contributed by atoms with van der Waals surface area (Å²) in [7, 11) is 1.92. The standard InChI is InChI=1S/C11H12N6S/c1-6-7(5-17(2)15-6)8-3-4-9(18-8)10-11(12)14-16-13-10/h3-5H,1-2H3,(H3,12,13,14,16). The van der Waals surface area contributed by atoms with Gasteiger partial charge in [-0.3, -0.25) is 4.68 Å². The Balaban J connectivity index is 2.05. The summed E-state index contributed by atoms with van der Waals surface area (Å²) in [5, 5.41) is 14.7. The molecule has 0 bridgehead atoms. The molecule has 0 aromatic carbocycles. The first-order valence-electron chi connectivity index (χ1n) is 5.42. The normalized spacial score (nSPS) is 11.0. The average molecular weight is 260 g/mol. The number of rotatable bonds is 2. The Morgan fingerprint density at radius 1 is 1.28 bits per heavy atom. The van der Waals surface area contributed by atoms with Crippen LogP contribution in [0.1, 0.15) is 5.69 Å².